The van der Waals surface area contributed by atoms with Crippen LogP contribution in [-0.2, 0) is 9.53 Å². The average molecular weight is 324 g/mol. The number of nitrogens with one attached hydrogen (secondary N) is 1. The van der Waals surface area contributed by atoms with Crippen LogP contribution >= 0.6 is 0 Å². The molecule has 1 fully saturated rings. The summed E-state index contributed by atoms with van der Waals surface area (Å²) in [6.07, 6.45) is 6.42. The molecule has 1 saturated heterocycles. The molecule has 6 nitrogen and oxygen atoms in total. The van der Waals surface area contributed by atoms with Crippen molar-refractivity contribution in [1.29, 1.82) is 0 Å². The van der Waals surface area contributed by atoms with Crippen molar-refractivity contribution in [2.24, 2.45) is 0 Å². The Hall–Kier alpha value is -2.73. The third-order valence-electron chi connectivity index (χ3n) is 3.86. The normalized spacial score (nSPS) is 17.9. The number of rotatable bonds is 4. The van der Waals surface area contributed by atoms with Crippen LogP contribution in [0.15, 0.2) is 48.8 Å². The van der Waals surface area contributed by atoms with E-state index in [-0.39, 0.29) is 12.0 Å². The minimum atomic E-state index is -0.274. The van der Waals surface area contributed by atoms with E-state index >= 15 is 0 Å². The largest absolute Gasteiger partial charge is 0.372 e. The van der Waals surface area contributed by atoms with E-state index < -0.39 is 0 Å². The van der Waals surface area contributed by atoms with Crippen molar-refractivity contribution in [1.82, 2.24) is 14.9 Å². The number of ether oxygens (including phenoxy) is 1. The molecule has 24 heavy (non-hydrogen) atoms. The van der Waals surface area contributed by atoms with Gasteiger partial charge in [-0.05, 0) is 11.6 Å². The first-order valence-electron chi connectivity index (χ1n) is 7.90. The fourth-order valence-corrected chi connectivity index (χ4v) is 2.63. The van der Waals surface area contributed by atoms with E-state index in [1.807, 2.05) is 36.4 Å². The number of amides is 1. The summed E-state index contributed by atoms with van der Waals surface area (Å²) in [5.74, 6) is 0.652. The van der Waals surface area contributed by atoms with Crippen LogP contribution in [0, 0.1) is 0 Å². The van der Waals surface area contributed by atoms with Crippen LogP contribution in [0.5, 0.6) is 0 Å². The monoisotopic (exact) mass is 324 g/mol. The predicted octanol–water partition coefficient (Wildman–Crippen LogP) is 2.13. The predicted molar refractivity (Wildman–Crippen MR) is 92.3 cm³/mol. The van der Waals surface area contributed by atoms with Crippen LogP contribution in [0.2, 0.25) is 0 Å². The van der Waals surface area contributed by atoms with Crippen LogP contribution in [0.3, 0.4) is 0 Å². The van der Waals surface area contributed by atoms with Gasteiger partial charge in [-0.15, -0.1) is 0 Å². The quantitative estimate of drug-likeness (QED) is 0.873. The second kappa shape index (κ2) is 7.70. The molecule has 1 aliphatic heterocycles. The zero-order valence-corrected chi connectivity index (χ0v) is 13.6. The Morgan fingerprint density at radius 2 is 2.08 bits per heavy atom. The van der Waals surface area contributed by atoms with Gasteiger partial charge in [0.15, 0.2) is 0 Å². The zero-order valence-electron chi connectivity index (χ0n) is 13.6. The first-order chi connectivity index (χ1) is 11.8. The van der Waals surface area contributed by atoms with E-state index in [4.69, 9.17) is 4.74 Å². The molecule has 2 aromatic rings. The number of nitrogens with zero attached hydrogens (tertiary/aromatic N) is 3. The van der Waals surface area contributed by atoms with Gasteiger partial charge in [0.05, 0.1) is 13.2 Å². The lowest BCUT2D eigenvalue weighted by molar-refractivity contribution is -0.133. The van der Waals surface area contributed by atoms with Gasteiger partial charge < -0.3 is 15.0 Å². The zero-order chi connectivity index (χ0) is 16.8. The lowest BCUT2D eigenvalue weighted by Crippen LogP contribution is -2.41. The molecule has 124 valence electrons. The van der Waals surface area contributed by atoms with Crippen molar-refractivity contribution in [2.75, 3.05) is 32.1 Å². The molecule has 0 bridgehead atoms. The van der Waals surface area contributed by atoms with Gasteiger partial charge in [0.25, 0.3) is 0 Å². The van der Waals surface area contributed by atoms with Crippen LogP contribution in [0.25, 0.3) is 6.08 Å². The summed E-state index contributed by atoms with van der Waals surface area (Å²) in [6.45, 7) is 1.52. The summed E-state index contributed by atoms with van der Waals surface area (Å²) in [6, 6.07) is 9.77. The highest BCUT2D eigenvalue weighted by Gasteiger charge is 2.27. The first-order valence-corrected chi connectivity index (χ1v) is 7.90. The van der Waals surface area contributed by atoms with Gasteiger partial charge in [-0.3, -0.25) is 9.78 Å². The van der Waals surface area contributed by atoms with Crippen molar-refractivity contribution >= 4 is 17.8 Å². The highest BCUT2D eigenvalue weighted by molar-refractivity contribution is 5.91. The van der Waals surface area contributed by atoms with Crippen LogP contribution < -0.4 is 5.32 Å². The highest BCUT2D eigenvalue weighted by atomic mass is 16.5. The number of carbonyl (C=O) groups excluding carboxylic acids is 1. The van der Waals surface area contributed by atoms with Gasteiger partial charge in [-0.1, -0.05) is 30.3 Å². The number of hydrogen-bond acceptors (Lipinski definition) is 5. The number of morpholine rings is 1. The molecule has 1 aromatic heterocycles. The summed E-state index contributed by atoms with van der Waals surface area (Å²) in [5.41, 5.74) is 1.73. The summed E-state index contributed by atoms with van der Waals surface area (Å²) in [7, 11) is 1.79. The molecule has 0 saturated carbocycles. The van der Waals surface area contributed by atoms with Crippen molar-refractivity contribution in [3.63, 3.8) is 0 Å². The molecule has 1 unspecified atom stereocenters. The summed E-state index contributed by atoms with van der Waals surface area (Å²) in [4.78, 5) is 22.8. The number of anilines is 1. The molecule has 1 N–H and O–H groups in total. The van der Waals surface area contributed by atoms with E-state index in [2.05, 4.69) is 15.3 Å². The Kier molecular flexibility index (Phi) is 5.18. The third-order valence-corrected chi connectivity index (χ3v) is 3.86. The molecular formula is C18H20N4O2. The second-order valence-electron chi connectivity index (χ2n) is 5.43. The second-order valence-corrected chi connectivity index (χ2v) is 5.43. The standard InChI is InChI=1S/C18H20N4O2/c1-19-18-17(20-9-10-21-18)15-13-22(11-12-24-15)16(23)8-7-14-5-3-2-4-6-14/h2-10,15H,11-13H2,1H3,(H,19,21). The summed E-state index contributed by atoms with van der Waals surface area (Å²) < 4.78 is 5.79. The molecule has 1 atom stereocenters. The third kappa shape index (κ3) is 3.78. The molecule has 1 aromatic carbocycles. The minimum Gasteiger partial charge on any atom is -0.372 e. The van der Waals surface area contributed by atoms with Crippen molar-refractivity contribution < 1.29 is 9.53 Å². The van der Waals surface area contributed by atoms with Gasteiger partial charge in [0.2, 0.25) is 5.91 Å². The molecular weight excluding hydrogens is 304 g/mol. The van der Waals surface area contributed by atoms with E-state index in [1.165, 1.54) is 0 Å². The molecule has 0 aliphatic carbocycles. The fourth-order valence-electron chi connectivity index (χ4n) is 2.63. The van der Waals surface area contributed by atoms with Crippen LogP contribution in [0.1, 0.15) is 17.4 Å². The maximum atomic E-state index is 12.4. The lowest BCUT2D eigenvalue weighted by atomic mass is 10.1. The maximum absolute atomic E-state index is 12.4. The molecule has 1 amide bonds. The molecule has 0 spiro atoms. The molecule has 2 heterocycles. The number of aromatic nitrogens is 2. The summed E-state index contributed by atoms with van der Waals surface area (Å²) >= 11 is 0. The molecule has 3 rings (SSSR count). The number of benzene rings is 1. The lowest BCUT2D eigenvalue weighted by Gasteiger charge is -2.32. The Bertz CT molecular complexity index is 718. The number of carbonyl (C=O) groups is 1. The van der Waals surface area contributed by atoms with Gasteiger partial charge in [-0.25, -0.2) is 4.98 Å². The Labute approximate surface area is 141 Å². The van der Waals surface area contributed by atoms with E-state index in [0.717, 1.165) is 11.3 Å². The van der Waals surface area contributed by atoms with Gasteiger partial charge in [0, 0.05) is 32.1 Å². The minimum absolute atomic E-state index is 0.0259. The van der Waals surface area contributed by atoms with E-state index in [9.17, 15) is 4.79 Å². The molecule has 1 aliphatic rings. The average Bonchev–Trinajstić information content (AvgIpc) is 2.67. The van der Waals surface area contributed by atoms with Crippen molar-refractivity contribution in [2.45, 2.75) is 6.10 Å². The van der Waals surface area contributed by atoms with Crippen molar-refractivity contribution in [3.05, 3.63) is 60.1 Å². The van der Waals surface area contributed by atoms with Gasteiger partial charge in [0.1, 0.15) is 17.6 Å². The first kappa shape index (κ1) is 16.1. The molecule has 6 heteroatoms. The smallest absolute Gasteiger partial charge is 0.246 e. The van der Waals surface area contributed by atoms with E-state index in [0.29, 0.717) is 25.5 Å². The summed E-state index contributed by atoms with van der Waals surface area (Å²) in [5, 5.41) is 3.01. The van der Waals surface area contributed by atoms with E-state index in [1.54, 1.807) is 30.4 Å². The Balaban J connectivity index is 1.69. The topological polar surface area (TPSA) is 67.4 Å². The maximum Gasteiger partial charge on any atom is 0.246 e. The Morgan fingerprint density at radius 1 is 1.29 bits per heavy atom. The van der Waals surface area contributed by atoms with Crippen molar-refractivity contribution in [3.8, 4) is 0 Å². The highest BCUT2D eigenvalue weighted by Crippen LogP contribution is 2.25. The SMILES string of the molecule is CNc1nccnc1C1CN(C(=O)C=Cc2ccccc2)CCO1. The fraction of sp³-hybridized carbons (Fsp3) is 0.278. The Morgan fingerprint density at radius 3 is 2.88 bits per heavy atom. The van der Waals surface area contributed by atoms with Crippen LogP contribution in [-0.4, -0.2) is 47.5 Å². The number of hydrogen-bond donors (Lipinski definition) is 1. The van der Waals surface area contributed by atoms with Gasteiger partial charge in [-0.2, -0.15) is 0 Å². The molecule has 0 radical (unpaired) electrons. The van der Waals surface area contributed by atoms with Gasteiger partial charge >= 0.3 is 0 Å². The van der Waals surface area contributed by atoms with Crippen LogP contribution in [0.4, 0.5) is 5.82 Å².